The zero-order valence-corrected chi connectivity index (χ0v) is 11.3. The Balaban J connectivity index is 2.35. The molecule has 4 nitrogen and oxygen atoms in total. The maximum atomic E-state index is 12.0. The largest absolute Gasteiger partial charge is 0.278 e. The normalized spacial score (nSPS) is 10.3. The standard InChI is InChI=1S/C15H16N2O2/c1-11-13(15(18)17(2)19-3)9-10-14(16-11)12-7-5-4-6-8-12/h4-10H,1-3H3. The number of hydrogen-bond acceptors (Lipinski definition) is 3. The van der Waals surface area contributed by atoms with Gasteiger partial charge >= 0.3 is 0 Å². The fraction of sp³-hybridized carbons (Fsp3) is 0.200. The molecule has 0 saturated heterocycles. The summed E-state index contributed by atoms with van der Waals surface area (Å²) in [5.74, 6) is -0.202. The van der Waals surface area contributed by atoms with Crippen molar-refractivity contribution >= 4 is 5.91 Å². The molecule has 0 atom stereocenters. The molecule has 0 fully saturated rings. The van der Waals surface area contributed by atoms with Crippen molar-refractivity contribution in [2.24, 2.45) is 0 Å². The summed E-state index contributed by atoms with van der Waals surface area (Å²) in [6.07, 6.45) is 0. The maximum Gasteiger partial charge on any atom is 0.278 e. The number of benzene rings is 1. The van der Waals surface area contributed by atoms with Crippen molar-refractivity contribution in [1.82, 2.24) is 10.0 Å². The molecule has 1 heterocycles. The molecule has 0 aliphatic rings. The van der Waals surface area contributed by atoms with Gasteiger partial charge in [0.15, 0.2) is 0 Å². The molecular formula is C15H16N2O2. The van der Waals surface area contributed by atoms with Crippen LogP contribution in [0.1, 0.15) is 16.1 Å². The summed E-state index contributed by atoms with van der Waals surface area (Å²) in [6.45, 7) is 1.82. The number of nitrogens with zero attached hydrogens (tertiary/aromatic N) is 2. The minimum absolute atomic E-state index is 0.202. The fourth-order valence-electron chi connectivity index (χ4n) is 1.81. The first kappa shape index (κ1) is 13.2. The number of hydrogen-bond donors (Lipinski definition) is 0. The van der Waals surface area contributed by atoms with E-state index in [1.54, 1.807) is 13.1 Å². The zero-order chi connectivity index (χ0) is 13.8. The van der Waals surface area contributed by atoms with Crippen LogP contribution in [0.25, 0.3) is 11.3 Å². The molecule has 98 valence electrons. The molecule has 0 aliphatic carbocycles. The van der Waals surface area contributed by atoms with Gasteiger partial charge in [0, 0.05) is 12.6 Å². The predicted octanol–water partition coefficient (Wildman–Crippen LogP) is 2.69. The van der Waals surface area contributed by atoms with Crippen molar-refractivity contribution in [2.75, 3.05) is 14.2 Å². The van der Waals surface area contributed by atoms with E-state index < -0.39 is 0 Å². The van der Waals surface area contributed by atoms with Crippen molar-refractivity contribution in [3.05, 3.63) is 53.7 Å². The molecule has 0 unspecified atom stereocenters. The molecule has 0 aliphatic heterocycles. The maximum absolute atomic E-state index is 12.0. The Morgan fingerprint density at radius 3 is 2.42 bits per heavy atom. The summed E-state index contributed by atoms with van der Waals surface area (Å²) < 4.78 is 0. The van der Waals surface area contributed by atoms with Crippen LogP contribution >= 0.6 is 0 Å². The second-order valence-electron chi connectivity index (χ2n) is 4.18. The lowest BCUT2D eigenvalue weighted by Gasteiger charge is -2.15. The van der Waals surface area contributed by atoms with Crippen LogP contribution in [0.2, 0.25) is 0 Å². The molecule has 1 amide bonds. The number of carbonyl (C=O) groups is 1. The predicted molar refractivity (Wildman–Crippen MR) is 73.5 cm³/mol. The number of amides is 1. The monoisotopic (exact) mass is 256 g/mol. The Kier molecular flexibility index (Phi) is 3.92. The topological polar surface area (TPSA) is 42.4 Å². The van der Waals surface area contributed by atoms with Gasteiger partial charge in [-0.05, 0) is 19.1 Å². The number of aryl methyl sites for hydroxylation is 1. The first-order valence-electron chi connectivity index (χ1n) is 5.98. The van der Waals surface area contributed by atoms with E-state index in [-0.39, 0.29) is 5.91 Å². The van der Waals surface area contributed by atoms with E-state index in [2.05, 4.69) is 4.98 Å². The van der Waals surface area contributed by atoms with Gasteiger partial charge in [-0.2, -0.15) is 0 Å². The van der Waals surface area contributed by atoms with Crippen molar-refractivity contribution in [1.29, 1.82) is 0 Å². The summed E-state index contributed by atoms with van der Waals surface area (Å²) in [5, 5.41) is 1.19. The van der Waals surface area contributed by atoms with E-state index in [1.165, 1.54) is 12.2 Å². The van der Waals surface area contributed by atoms with Gasteiger partial charge in [0.1, 0.15) is 0 Å². The van der Waals surface area contributed by atoms with Gasteiger partial charge in [-0.15, -0.1) is 0 Å². The molecule has 1 aromatic heterocycles. The quantitative estimate of drug-likeness (QED) is 0.793. The van der Waals surface area contributed by atoms with E-state index in [0.717, 1.165) is 11.3 Å². The molecule has 19 heavy (non-hydrogen) atoms. The van der Waals surface area contributed by atoms with Gasteiger partial charge in [0.25, 0.3) is 5.91 Å². The summed E-state index contributed by atoms with van der Waals surface area (Å²) in [4.78, 5) is 21.4. The smallest absolute Gasteiger partial charge is 0.274 e. The van der Waals surface area contributed by atoms with Crippen LogP contribution in [0.4, 0.5) is 0 Å². The van der Waals surface area contributed by atoms with Crippen molar-refractivity contribution < 1.29 is 9.63 Å². The number of aromatic nitrogens is 1. The third kappa shape index (κ3) is 2.80. The molecule has 0 saturated carbocycles. The van der Waals surface area contributed by atoms with Gasteiger partial charge in [-0.25, -0.2) is 5.06 Å². The summed E-state index contributed by atoms with van der Waals surface area (Å²) in [5.41, 5.74) is 3.12. The third-order valence-corrected chi connectivity index (χ3v) is 2.95. The number of carbonyl (C=O) groups excluding carboxylic acids is 1. The van der Waals surface area contributed by atoms with Crippen molar-refractivity contribution in [2.45, 2.75) is 6.92 Å². The first-order chi connectivity index (χ1) is 9.13. The van der Waals surface area contributed by atoms with E-state index in [4.69, 9.17) is 4.84 Å². The van der Waals surface area contributed by atoms with E-state index in [1.807, 2.05) is 43.3 Å². The Hall–Kier alpha value is -2.20. The Bertz CT molecular complexity index is 582. The second-order valence-corrected chi connectivity index (χ2v) is 4.18. The van der Waals surface area contributed by atoms with Crippen LogP contribution in [0.5, 0.6) is 0 Å². The molecular weight excluding hydrogens is 240 g/mol. The lowest BCUT2D eigenvalue weighted by atomic mass is 10.1. The van der Waals surface area contributed by atoms with Crippen LogP contribution < -0.4 is 0 Å². The molecule has 2 rings (SSSR count). The number of pyridine rings is 1. The van der Waals surface area contributed by atoms with Crippen LogP contribution in [0.3, 0.4) is 0 Å². The first-order valence-corrected chi connectivity index (χ1v) is 5.98. The summed E-state index contributed by atoms with van der Waals surface area (Å²) in [6, 6.07) is 13.5. The van der Waals surface area contributed by atoms with Crippen molar-refractivity contribution in [3.8, 4) is 11.3 Å². The Labute approximate surface area is 112 Å². The average molecular weight is 256 g/mol. The molecule has 0 bridgehead atoms. The van der Waals surface area contributed by atoms with Crippen molar-refractivity contribution in [3.63, 3.8) is 0 Å². The van der Waals surface area contributed by atoms with Gasteiger partial charge in [-0.1, -0.05) is 30.3 Å². The fourth-order valence-corrected chi connectivity index (χ4v) is 1.81. The van der Waals surface area contributed by atoms with E-state index in [0.29, 0.717) is 11.3 Å². The van der Waals surface area contributed by atoms with E-state index in [9.17, 15) is 4.79 Å². The third-order valence-electron chi connectivity index (χ3n) is 2.95. The lowest BCUT2D eigenvalue weighted by molar-refractivity contribution is -0.0757. The van der Waals surface area contributed by atoms with Crippen LogP contribution in [0, 0.1) is 6.92 Å². The van der Waals surface area contributed by atoms with E-state index >= 15 is 0 Å². The molecule has 4 heteroatoms. The van der Waals surface area contributed by atoms with Crippen LogP contribution in [-0.2, 0) is 4.84 Å². The minimum Gasteiger partial charge on any atom is -0.274 e. The van der Waals surface area contributed by atoms with Gasteiger partial charge in [0.2, 0.25) is 0 Å². The van der Waals surface area contributed by atoms with Gasteiger partial charge < -0.3 is 0 Å². The summed E-state index contributed by atoms with van der Waals surface area (Å²) >= 11 is 0. The molecule has 0 N–H and O–H groups in total. The lowest BCUT2D eigenvalue weighted by Crippen LogP contribution is -2.26. The highest BCUT2D eigenvalue weighted by Crippen LogP contribution is 2.19. The van der Waals surface area contributed by atoms with Gasteiger partial charge in [-0.3, -0.25) is 14.6 Å². The molecule has 0 spiro atoms. The highest BCUT2D eigenvalue weighted by Gasteiger charge is 2.15. The van der Waals surface area contributed by atoms with Crippen LogP contribution in [-0.4, -0.2) is 30.1 Å². The minimum atomic E-state index is -0.202. The zero-order valence-electron chi connectivity index (χ0n) is 11.3. The number of hydroxylamine groups is 2. The Morgan fingerprint density at radius 1 is 1.16 bits per heavy atom. The molecule has 0 radical (unpaired) electrons. The number of rotatable bonds is 3. The second kappa shape index (κ2) is 5.63. The van der Waals surface area contributed by atoms with Crippen LogP contribution in [0.15, 0.2) is 42.5 Å². The summed E-state index contributed by atoms with van der Waals surface area (Å²) in [7, 11) is 3.03. The molecule has 2 aromatic rings. The highest BCUT2D eigenvalue weighted by molar-refractivity contribution is 5.94. The highest BCUT2D eigenvalue weighted by atomic mass is 16.7. The average Bonchev–Trinajstić information content (AvgIpc) is 2.46. The molecule has 1 aromatic carbocycles. The Morgan fingerprint density at radius 2 is 1.84 bits per heavy atom. The van der Waals surface area contributed by atoms with Gasteiger partial charge in [0.05, 0.1) is 24.1 Å². The SMILES string of the molecule is CON(C)C(=O)c1ccc(-c2ccccc2)nc1C.